The van der Waals surface area contributed by atoms with E-state index in [-0.39, 0.29) is 24.7 Å². The molecule has 0 aromatic heterocycles. The van der Waals surface area contributed by atoms with Crippen LogP contribution in [0.4, 0.5) is 13.2 Å². The van der Waals surface area contributed by atoms with Crippen LogP contribution in [0.25, 0.3) is 0 Å². The highest BCUT2D eigenvalue weighted by atomic mass is 19.4. The van der Waals surface area contributed by atoms with Crippen LogP contribution in [0.1, 0.15) is 32.1 Å². The molecule has 0 aromatic rings. The Morgan fingerprint density at radius 3 is 2.00 bits per heavy atom. The first-order chi connectivity index (χ1) is 7.27. The number of aliphatic hydroxyl groups is 1. The Hall–Kier alpha value is -0.290. The molecule has 0 amide bonds. The van der Waals surface area contributed by atoms with Gasteiger partial charge < -0.3 is 10.8 Å². The quantitative estimate of drug-likeness (QED) is 0.672. The Labute approximate surface area is 92.0 Å². The van der Waals surface area contributed by atoms with Gasteiger partial charge >= 0.3 is 6.18 Å². The van der Waals surface area contributed by atoms with Crippen molar-refractivity contribution in [1.82, 2.24) is 0 Å². The second-order valence-corrected chi connectivity index (χ2v) is 6.07. The highest BCUT2D eigenvalue weighted by Crippen LogP contribution is 2.65. The molecule has 0 spiro atoms. The third kappa shape index (κ3) is 1.11. The Kier molecular flexibility index (Phi) is 1.86. The van der Waals surface area contributed by atoms with Crippen molar-refractivity contribution in [2.45, 2.75) is 49.9 Å². The van der Waals surface area contributed by atoms with E-state index in [2.05, 4.69) is 0 Å². The number of aliphatic hydroxyl groups excluding tert-OH is 1. The normalized spacial score (nSPS) is 55.7. The fraction of sp³-hybridized carbons (Fsp3) is 1.00. The van der Waals surface area contributed by atoms with Crippen molar-refractivity contribution >= 4 is 0 Å². The van der Waals surface area contributed by atoms with Gasteiger partial charge in [-0.2, -0.15) is 13.2 Å². The summed E-state index contributed by atoms with van der Waals surface area (Å²) in [5.74, 6) is 0.116. The zero-order chi connectivity index (χ0) is 11.8. The van der Waals surface area contributed by atoms with Crippen molar-refractivity contribution in [1.29, 1.82) is 0 Å². The molecule has 4 aliphatic rings. The number of alkyl halides is 3. The van der Waals surface area contributed by atoms with Gasteiger partial charge in [0.2, 0.25) is 0 Å². The molecule has 5 heteroatoms. The van der Waals surface area contributed by atoms with Crippen LogP contribution in [0.5, 0.6) is 0 Å². The van der Waals surface area contributed by atoms with Crippen LogP contribution < -0.4 is 5.73 Å². The Morgan fingerprint density at radius 1 is 1.06 bits per heavy atom. The first-order valence-electron chi connectivity index (χ1n) is 5.80. The topological polar surface area (TPSA) is 46.2 Å². The van der Waals surface area contributed by atoms with Crippen LogP contribution in [0.2, 0.25) is 0 Å². The van der Waals surface area contributed by atoms with Crippen molar-refractivity contribution in [3.05, 3.63) is 0 Å². The summed E-state index contributed by atoms with van der Waals surface area (Å²) in [7, 11) is 0. The van der Waals surface area contributed by atoms with E-state index in [9.17, 15) is 18.3 Å². The molecule has 3 unspecified atom stereocenters. The first-order valence-corrected chi connectivity index (χ1v) is 5.80. The second kappa shape index (κ2) is 2.75. The van der Waals surface area contributed by atoms with Gasteiger partial charge in [-0.05, 0) is 43.9 Å². The maximum Gasteiger partial charge on any atom is 0.397 e. The summed E-state index contributed by atoms with van der Waals surface area (Å²) in [6.07, 6.45) is -3.60. The van der Waals surface area contributed by atoms with Gasteiger partial charge in [-0.15, -0.1) is 0 Å². The molecule has 92 valence electrons. The molecule has 2 nitrogen and oxygen atoms in total. The molecule has 0 heterocycles. The summed E-state index contributed by atoms with van der Waals surface area (Å²) in [6, 6.07) is 0. The molecule has 3 atom stereocenters. The largest absolute Gasteiger partial charge is 0.397 e. The van der Waals surface area contributed by atoms with Gasteiger partial charge in [0.15, 0.2) is 0 Å². The smallest absolute Gasteiger partial charge is 0.390 e. The predicted octanol–water partition coefficient (Wildman–Crippen LogP) is 1.82. The fourth-order valence-corrected chi connectivity index (χ4v) is 4.60. The molecule has 4 rings (SSSR count). The SMILES string of the molecule is NC12CC3CC(C1)CC(C(F)(F)F)(C3)C2O. The molecule has 0 aliphatic heterocycles. The Bertz CT molecular complexity index is 314. The Balaban J connectivity index is 2.07. The third-order valence-corrected chi connectivity index (χ3v) is 4.94. The van der Waals surface area contributed by atoms with Gasteiger partial charge in [-0.3, -0.25) is 0 Å². The number of rotatable bonds is 0. The van der Waals surface area contributed by atoms with E-state index in [0.29, 0.717) is 12.8 Å². The molecule has 0 saturated heterocycles. The zero-order valence-electron chi connectivity index (χ0n) is 8.93. The molecule has 0 radical (unpaired) electrons. The molecule has 4 bridgehead atoms. The summed E-state index contributed by atoms with van der Waals surface area (Å²) >= 11 is 0. The number of halogens is 3. The molecular formula is C11H16F3NO. The molecule has 4 aliphatic carbocycles. The summed E-state index contributed by atoms with van der Waals surface area (Å²) in [4.78, 5) is 0. The number of nitrogens with two attached hydrogens (primary N) is 1. The van der Waals surface area contributed by atoms with Crippen molar-refractivity contribution in [3.8, 4) is 0 Å². The average molecular weight is 235 g/mol. The van der Waals surface area contributed by atoms with Crippen molar-refractivity contribution < 1.29 is 18.3 Å². The van der Waals surface area contributed by atoms with E-state index in [1.165, 1.54) is 0 Å². The summed E-state index contributed by atoms with van der Waals surface area (Å²) in [5, 5.41) is 10.0. The minimum absolute atomic E-state index is 0.0579. The van der Waals surface area contributed by atoms with Gasteiger partial charge in [0.05, 0.1) is 11.5 Å². The van der Waals surface area contributed by atoms with E-state index in [0.717, 1.165) is 6.42 Å². The predicted molar refractivity (Wildman–Crippen MR) is 51.5 cm³/mol. The van der Waals surface area contributed by atoms with E-state index in [1.807, 2.05) is 0 Å². The maximum atomic E-state index is 13.2. The standard InChI is InChI=1S/C11H16F3NO/c12-11(13,14)9-2-6-1-7(3-9)5-10(15,4-6)8(9)16/h6-8,16H,1-5,15H2. The fourth-order valence-electron chi connectivity index (χ4n) is 4.60. The summed E-state index contributed by atoms with van der Waals surface area (Å²) < 4.78 is 39.6. The highest BCUT2D eigenvalue weighted by Gasteiger charge is 2.71. The molecule has 16 heavy (non-hydrogen) atoms. The maximum absolute atomic E-state index is 13.2. The third-order valence-electron chi connectivity index (χ3n) is 4.94. The number of hydrogen-bond acceptors (Lipinski definition) is 2. The highest BCUT2D eigenvalue weighted by molar-refractivity contribution is 5.18. The van der Waals surface area contributed by atoms with Crippen molar-refractivity contribution in [3.63, 3.8) is 0 Å². The minimum Gasteiger partial charge on any atom is -0.390 e. The van der Waals surface area contributed by atoms with Gasteiger partial charge in [0.25, 0.3) is 0 Å². The lowest BCUT2D eigenvalue weighted by molar-refractivity contribution is -0.314. The molecule has 4 saturated carbocycles. The second-order valence-electron chi connectivity index (χ2n) is 6.07. The lowest BCUT2D eigenvalue weighted by Gasteiger charge is -2.63. The van der Waals surface area contributed by atoms with Crippen LogP contribution in [0.3, 0.4) is 0 Å². The van der Waals surface area contributed by atoms with E-state index >= 15 is 0 Å². The molecule has 4 fully saturated rings. The zero-order valence-corrected chi connectivity index (χ0v) is 8.93. The average Bonchev–Trinajstić information content (AvgIpc) is 2.10. The first kappa shape index (κ1) is 10.8. The molecular weight excluding hydrogens is 219 g/mol. The number of hydrogen-bond donors (Lipinski definition) is 2. The van der Waals surface area contributed by atoms with E-state index in [4.69, 9.17) is 5.73 Å². The lowest BCUT2D eigenvalue weighted by atomic mass is 9.45. The molecule has 3 N–H and O–H groups in total. The van der Waals surface area contributed by atoms with Gasteiger partial charge in [0.1, 0.15) is 0 Å². The van der Waals surface area contributed by atoms with Crippen molar-refractivity contribution in [2.24, 2.45) is 23.0 Å². The van der Waals surface area contributed by atoms with Crippen LogP contribution in [-0.2, 0) is 0 Å². The van der Waals surface area contributed by atoms with Crippen molar-refractivity contribution in [2.75, 3.05) is 0 Å². The van der Waals surface area contributed by atoms with Crippen LogP contribution in [0.15, 0.2) is 0 Å². The summed E-state index contributed by atoms with van der Waals surface area (Å²) in [6.45, 7) is 0. The van der Waals surface area contributed by atoms with E-state index in [1.54, 1.807) is 0 Å². The molecule has 0 aromatic carbocycles. The monoisotopic (exact) mass is 235 g/mol. The van der Waals surface area contributed by atoms with Crippen LogP contribution in [0, 0.1) is 17.3 Å². The van der Waals surface area contributed by atoms with Crippen LogP contribution >= 0.6 is 0 Å². The Morgan fingerprint density at radius 2 is 1.56 bits per heavy atom. The minimum atomic E-state index is -4.32. The van der Waals surface area contributed by atoms with Crippen LogP contribution in [-0.4, -0.2) is 22.9 Å². The van der Waals surface area contributed by atoms with Gasteiger partial charge in [0, 0.05) is 5.54 Å². The lowest BCUT2D eigenvalue weighted by Crippen LogP contribution is -2.72. The summed E-state index contributed by atoms with van der Waals surface area (Å²) in [5.41, 5.74) is 3.10. The van der Waals surface area contributed by atoms with Gasteiger partial charge in [-0.25, -0.2) is 0 Å². The van der Waals surface area contributed by atoms with Gasteiger partial charge in [-0.1, -0.05) is 0 Å². The van der Waals surface area contributed by atoms with E-state index < -0.39 is 23.2 Å².